The molecule has 0 saturated heterocycles. The number of hydrogen-bond acceptors (Lipinski definition) is 8. The fourth-order valence-electron chi connectivity index (χ4n) is 2.25. The van der Waals surface area contributed by atoms with Crippen LogP contribution in [-0.2, 0) is 27.6 Å². The number of nitrogens with zero attached hydrogens (tertiary/aromatic N) is 6. The Hall–Kier alpha value is 5.56. The third-order valence-electron chi connectivity index (χ3n) is 4.15. The molecule has 2 aromatic heterocycles. The van der Waals surface area contributed by atoms with Gasteiger partial charge in [0.2, 0.25) is 22.7 Å². The molecule has 276 valence electrons. The topological polar surface area (TPSA) is 111 Å². The number of rotatable bonds is 1. The minimum atomic E-state index is -3.43. The van der Waals surface area contributed by atoms with Gasteiger partial charge in [-0.25, -0.2) is 38.3 Å². The number of hydrogen-bond donors (Lipinski definition) is 0. The van der Waals surface area contributed by atoms with Gasteiger partial charge in [0, 0.05) is 0 Å². The van der Waals surface area contributed by atoms with Gasteiger partial charge >= 0.3 is 0 Å². The van der Waals surface area contributed by atoms with Crippen LogP contribution in [0, 0.1) is 0 Å². The quantitative estimate of drug-likeness (QED) is 0.222. The van der Waals surface area contributed by atoms with Crippen molar-refractivity contribution in [1.82, 2.24) is 29.9 Å². The largest absolute Gasteiger partial charge is 0.250 e. The molecule has 1 aromatic carbocycles. The van der Waals surface area contributed by atoms with Crippen LogP contribution in [0.5, 0.6) is 0 Å². The normalized spacial score (nSPS) is 13.6. The van der Waals surface area contributed by atoms with Crippen molar-refractivity contribution in [2.45, 2.75) is 24.2 Å². The average molecular weight is 1660 g/mol. The molecule has 2 heterocycles. The molecule has 0 N–H and O–H groups in total. The summed E-state index contributed by atoms with van der Waals surface area (Å²) in [4.78, 5) is 24.3. The first-order valence-electron chi connectivity index (χ1n) is 10.8. The van der Waals surface area contributed by atoms with Crippen molar-refractivity contribution in [3.05, 3.63) is 65.3 Å². The minimum absolute atomic E-state index is 0.251. The predicted octanol–water partition coefficient (Wildman–Crippen LogP) is 15.4. The highest BCUT2D eigenvalue weighted by atomic mass is 80.0. The molecule has 8 nitrogen and oxygen atoms in total. The number of benzene rings is 1. The minimum Gasteiger partial charge on any atom is -0.220 e. The molecular weight excluding hydrogens is 1650 g/mol. The molecule has 0 fully saturated rings. The van der Waals surface area contributed by atoms with Gasteiger partial charge in [0.1, 0.15) is 0 Å². The average Bonchev–Trinajstić information content (AvgIpc) is 2.90. The lowest BCUT2D eigenvalue weighted by molar-refractivity contribution is 0.599. The maximum Gasteiger partial charge on any atom is 0.250 e. The van der Waals surface area contributed by atoms with E-state index in [-0.39, 0.29) is 22.4 Å². The van der Waals surface area contributed by atoms with Gasteiger partial charge in [-0.1, -0.05) is 266 Å². The molecule has 3 aromatic rings. The lowest BCUT2D eigenvalue weighted by Crippen LogP contribution is -2.21. The standard InChI is InChI=1S/C7H5Br3O2S.C6Br9N3.C6Cl9N3/c8-7(9,10)13(11,12)6-4-2-1-3-5-6;2*7-4(8,9)1-16-2(5(10,11)12)18-3(17-1)6(13,14)15/h1-5H;;. The van der Waals surface area contributed by atoms with Crippen molar-refractivity contribution in [1.29, 1.82) is 0 Å². The molecule has 0 amide bonds. The molecule has 0 bridgehead atoms. The van der Waals surface area contributed by atoms with E-state index < -0.39 is 29.1 Å². The first-order chi connectivity index (χ1) is 21.5. The highest BCUT2D eigenvalue weighted by molar-refractivity contribution is 9.42. The van der Waals surface area contributed by atoms with Gasteiger partial charge in [-0.3, -0.25) is 0 Å². The van der Waals surface area contributed by atoms with Crippen LogP contribution in [0.25, 0.3) is 0 Å². The Balaban J connectivity index is 0.000000373. The fourth-order valence-corrected chi connectivity index (χ4v) is 7.07. The van der Waals surface area contributed by atoms with Crippen molar-refractivity contribution in [3.63, 3.8) is 0 Å². The van der Waals surface area contributed by atoms with E-state index in [0.29, 0.717) is 17.5 Å². The summed E-state index contributed by atoms with van der Waals surface area (Å²) >= 11 is 89.9. The van der Waals surface area contributed by atoms with E-state index in [4.69, 9.17) is 104 Å². The number of aromatic nitrogens is 6. The van der Waals surface area contributed by atoms with Gasteiger partial charge in [-0.05, 0) is 59.9 Å². The Kier molecular flexibility index (Phi) is 21.7. The van der Waals surface area contributed by atoms with Crippen LogP contribution in [0.4, 0.5) is 0 Å². The van der Waals surface area contributed by atoms with Gasteiger partial charge in [0.05, 0.1) is 4.90 Å². The van der Waals surface area contributed by atoms with Crippen molar-refractivity contribution in [2.75, 3.05) is 0 Å². The molecule has 30 heteroatoms. The summed E-state index contributed by atoms with van der Waals surface area (Å²) in [6.45, 7) is 0. The van der Waals surface area contributed by atoms with Crippen LogP contribution in [0.15, 0.2) is 35.2 Å². The molecule has 0 aliphatic carbocycles. The smallest absolute Gasteiger partial charge is 0.220 e. The van der Waals surface area contributed by atoms with Gasteiger partial charge < -0.3 is 0 Å². The Bertz CT molecular complexity index is 1450. The highest BCUT2D eigenvalue weighted by Crippen LogP contribution is 2.49. The van der Waals surface area contributed by atoms with Crippen LogP contribution < -0.4 is 0 Å². The van der Waals surface area contributed by atoms with Crippen LogP contribution in [0.2, 0.25) is 0 Å². The van der Waals surface area contributed by atoms with Gasteiger partial charge in [-0.15, -0.1) is 0 Å². The summed E-state index contributed by atoms with van der Waals surface area (Å²) in [5.41, 5.74) is 0. The summed E-state index contributed by atoms with van der Waals surface area (Å²) < 4.78 is 14.0. The highest BCUT2D eigenvalue weighted by Gasteiger charge is 2.39. The van der Waals surface area contributed by atoms with E-state index >= 15 is 0 Å². The van der Waals surface area contributed by atoms with Crippen LogP contribution in [0.3, 0.4) is 0 Å². The van der Waals surface area contributed by atoms with E-state index in [1.54, 1.807) is 18.2 Å². The van der Waals surface area contributed by atoms with E-state index in [1.165, 1.54) is 12.1 Å². The lowest BCUT2D eigenvalue weighted by Gasteiger charge is -2.19. The molecule has 0 radical (unpaired) electrons. The van der Waals surface area contributed by atoms with E-state index in [1.807, 2.05) is 0 Å². The van der Waals surface area contributed by atoms with E-state index in [9.17, 15) is 8.42 Å². The molecule has 49 heavy (non-hydrogen) atoms. The van der Waals surface area contributed by atoms with Gasteiger partial charge in [0.25, 0.3) is 0 Å². The Morgan fingerprint density at radius 1 is 0.408 bits per heavy atom. The van der Waals surface area contributed by atoms with Gasteiger partial charge in [0.15, 0.2) is 41.4 Å². The number of alkyl halides is 21. The monoisotopic (exact) mass is 1640 g/mol. The SMILES string of the molecule is BrC(Br)(Br)c1nc(C(Br)(Br)Br)nc(C(Br)(Br)Br)n1.ClC(Cl)(Cl)c1nc(C(Cl)(Cl)Cl)nc(C(Cl)(Cl)Cl)n1.O=S(=O)(c1ccccc1)C(Br)(Br)Br. The summed E-state index contributed by atoms with van der Waals surface area (Å²) in [7, 11) is -3.43. The summed E-state index contributed by atoms with van der Waals surface area (Å²) in [5.74, 6) is 0.370. The lowest BCUT2D eigenvalue weighted by atomic mass is 10.4. The molecule has 0 spiro atoms. The second-order valence-electron chi connectivity index (χ2n) is 7.86. The zero-order valence-electron chi connectivity index (χ0n) is 21.7. The predicted molar refractivity (Wildman–Crippen MR) is 246 cm³/mol. The maximum atomic E-state index is 11.7. The maximum absolute atomic E-state index is 11.7. The fraction of sp³-hybridized carbons (Fsp3) is 0.368. The summed E-state index contributed by atoms with van der Waals surface area (Å²) in [6, 6.07) is 8.18. The zero-order valence-corrected chi connectivity index (χ0v) is 48.4. The second-order valence-corrected chi connectivity index (χ2v) is 45.4. The second kappa shape index (κ2) is 20.2. The molecule has 0 atom stereocenters. The Labute approximate surface area is 425 Å². The van der Waals surface area contributed by atoms with Crippen molar-refractivity contribution >= 4 is 305 Å². The Morgan fingerprint density at radius 3 is 0.816 bits per heavy atom. The summed E-state index contributed by atoms with van der Waals surface area (Å²) in [5, 5.41) is 0. The zero-order chi connectivity index (χ0) is 38.8. The van der Waals surface area contributed by atoms with Gasteiger partial charge in [-0.2, -0.15) is 0 Å². The first-order valence-corrected chi connectivity index (χ1v) is 25.2. The van der Waals surface area contributed by atoms with Crippen LogP contribution in [-0.4, -0.2) is 39.8 Å². The van der Waals surface area contributed by atoms with Crippen molar-refractivity contribution in [2.24, 2.45) is 0 Å². The number of halogens is 21. The van der Waals surface area contributed by atoms with Crippen molar-refractivity contribution in [3.8, 4) is 0 Å². The molecule has 0 unspecified atom stereocenters. The molecule has 0 saturated carbocycles. The third-order valence-corrected chi connectivity index (χ3v) is 14.2. The summed E-state index contributed by atoms with van der Waals surface area (Å²) in [6.07, 6.45) is 0. The molecule has 0 aliphatic heterocycles. The molecule has 0 aliphatic rings. The van der Waals surface area contributed by atoms with E-state index in [2.05, 4.69) is 221 Å². The molecular formula is C19H5Br12Cl9N6O2S. The third kappa shape index (κ3) is 18.2. The van der Waals surface area contributed by atoms with Crippen LogP contribution >= 0.6 is 296 Å². The molecule has 3 rings (SSSR count). The van der Waals surface area contributed by atoms with E-state index in [0.717, 1.165) is 0 Å². The van der Waals surface area contributed by atoms with Crippen molar-refractivity contribution < 1.29 is 8.42 Å². The number of sulfone groups is 1. The Morgan fingerprint density at radius 2 is 0.633 bits per heavy atom. The van der Waals surface area contributed by atoms with Crippen LogP contribution in [0.1, 0.15) is 34.9 Å². The first kappa shape index (κ1) is 52.6.